The van der Waals surface area contributed by atoms with Gasteiger partial charge in [-0.25, -0.2) is 4.39 Å². The highest BCUT2D eigenvalue weighted by atomic mass is 35.5. The maximum Gasteiger partial charge on any atom is 0.255 e. The molecule has 6 heteroatoms. The lowest BCUT2D eigenvalue weighted by molar-refractivity contribution is 0.0934. The molecule has 1 heterocycles. The Labute approximate surface area is 164 Å². The predicted octanol–water partition coefficient (Wildman–Crippen LogP) is 4.11. The second-order valence-electron chi connectivity index (χ2n) is 7.05. The molecule has 0 bridgehead atoms. The van der Waals surface area contributed by atoms with Crippen molar-refractivity contribution in [2.45, 2.75) is 18.9 Å². The van der Waals surface area contributed by atoms with Gasteiger partial charge in [-0.3, -0.25) is 9.69 Å². The lowest BCUT2D eigenvalue weighted by atomic mass is 10.0. The number of benzene rings is 2. The van der Waals surface area contributed by atoms with Crippen molar-refractivity contribution < 1.29 is 9.18 Å². The molecule has 0 saturated carbocycles. The number of likely N-dealkylation sites (tertiary alicyclic amines) is 1. The van der Waals surface area contributed by atoms with Crippen LogP contribution in [0.3, 0.4) is 0 Å². The van der Waals surface area contributed by atoms with Gasteiger partial charge in [-0.05, 0) is 55.8 Å². The summed E-state index contributed by atoms with van der Waals surface area (Å²) in [6, 6.07) is 12.7. The Kier molecular flexibility index (Phi) is 6.34. The molecule has 1 aliphatic rings. The van der Waals surface area contributed by atoms with E-state index in [0.717, 1.165) is 37.2 Å². The largest absolute Gasteiger partial charge is 0.378 e. The van der Waals surface area contributed by atoms with Gasteiger partial charge in [-0.15, -0.1) is 0 Å². The molecule has 4 nitrogen and oxygen atoms in total. The topological polar surface area (TPSA) is 35.6 Å². The van der Waals surface area contributed by atoms with Crippen LogP contribution in [0.2, 0.25) is 5.02 Å². The Morgan fingerprint density at radius 3 is 2.44 bits per heavy atom. The zero-order valence-electron chi connectivity index (χ0n) is 15.7. The van der Waals surface area contributed by atoms with Crippen LogP contribution >= 0.6 is 11.6 Å². The minimum atomic E-state index is -0.604. The van der Waals surface area contributed by atoms with E-state index in [1.165, 1.54) is 18.2 Å². The number of amides is 1. The van der Waals surface area contributed by atoms with Crippen molar-refractivity contribution in [3.8, 4) is 0 Å². The Hall–Kier alpha value is -2.11. The summed E-state index contributed by atoms with van der Waals surface area (Å²) in [5.74, 6) is -1.08. The number of halogens is 2. The van der Waals surface area contributed by atoms with Crippen molar-refractivity contribution >= 4 is 23.2 Å². The van der Waals surface area contributed by atoms with Gasteiger partial charge in [0.05, 0.1) is 16.6 Å². The fourth-order valence-corrected chi connectivity index (χ4v) is 3.75. The van der Waals surface area contributed by atoms with Crippen LogP contribution in [0.4, 0.5) is 10.1 Å². The highest BCUT2D eigenvalue weighted by molar-refractivity contribution is 6.33. The van der Waals surface area contributed by atoms with Crippen molar-refractivity contribution in [1.29, 1.82) is 0 Å². The molecule has 0 radical (unpaired) electrons. The lowest BCUT2D eigenvalue weighted by Crippen LogP contribution is -2.37. The Bertz CT molecular complexity index is 768. The third kappa shape index (κ3) is 4.60. The Morgan fingerprint density at radius 2 is 1.85 bits per heavy atom. The standard InChI is InChI=1S/C21H25ClFN3O/c1-25(2)16-10-8-15(9-11-16)19(26-12-3-4-13-26)14-24-21(27)20-17(22)6-5-7-18(20)23/h5-11,19H,3-4,12-14H2,1-2H3,(H,24,27)/t19-/m0/s1. The molecule has 144 valence electrons. The lowest BCUT2D eigenvalue weighted by Gasteiger charge is -2.28. The van der Waals surface area contributed by atoms with Crippen molar-refractivity contribution in [3.63, 3.8) is 0 Å². The first kappa shape index (κ1) is 19.6. The van der Waals surface area contributed by atoms with Crippen LogP contribution in [0.15, 0.2) is 42.5 Å². The summed E-state index contributed by atoms with van der Waals surface area (Å²) in [7, 11) is 4.01. The molecular weight excluding hydrogens is 365 g/mol. The highest BCUT2D eigenvalue weighted by Gasteiger charge is 2.25. The van der Waals surface area contributed by atoms with Crippen molar-refractivity contribution in [1.82, 2.24) is 10.2 Å². The first-order chi connectivity index (χ1) is 13.0. The summed E-state index contributed by atoms with van der Waals surface area (Å²) in [5.41, 5.74) is 2.17. The molecule has 27 heavy (non-hydrogen) atoms. The van der Waals surface area contributed by atoms with Crippen LogP contribution in [0.1, 0.15) is 34.8 Å². The summed E-state index contributed by atoms with van der Waals surface area (Å²) in [6.45, 7) is 2.40. The van der Waals surface area contributed by atoms with Crippen LogP contribution in [0, 0.1) is 5.82 Å². The second kappa shape index (κ2) is 8.72. The molecular formula is C21H25ClFN3O. The second-order valence-corrected chi connectivity index (χ2v) is 7.46. The summed E-state index contributed by atoms with van der Waals surface area (Å²) >= 11 is 6.01. The third-order valence-electron chi connectivity index (χ3n) is 5.02. The van der Waals surface area contributed by atoms with Gasteiger partial charge in [0.25, 0.3) is 5.91 Å². The normalized spacial score (nSPS) is 15.6. The summed E-state index contributed by atoms with van der Waals surface area (Å²) < 4.78 is 14.0. The number of nitrogens with one attached hydrogen (secondary N) is 1. The molecule has 3 rings (SSSR count). The average Bonchev–Trinajstić information content (AvgIpc) is 3.16. The van der Waals surface area contributed by atoms with Gasteiger partial charge < -0.3 is 10.2 Å². The molecule has 2 aromatic rings. The van der Waals surface area contributed by atoms with Gasteiger partial charge in [0.15, 0.2) is 0 Å². The maximum atomic E-state index is 14.0. The highest BCUT2D eigenvalue weighted by Crippen LogP contribution is 2.27. The molecule has 1 aliphatic heterocycles. The summed E-state index contributed by atoms with van der Waals surface area (Å²) in [4.78, 5) is 16.9. The predicted molar refractivity (Wildman–Crippen MR) is 108 cm³/mol. The van der Waals surface area contributed by atoms with Gasteiger partial charge in [-0.1, -0.05) is 29.8 Å². The molecule has 2 aromatic carbocycles. The number of carbonyl (C=O) groups excluding carboxylic acids is 1. The van der Waals surface area contributed by atoms with E-state index >= 15 is 0 Å². The van der Waals surface area contributed by atoms with Crippen LogP contribution < -0.4 is 10.2 Å². The average molecular weight is 390 g/mol. The van der Waals surface area contributed by atoms with E-state index < -0.39 is 11.7 Å². The van der Waals surface area contributed by atoms with Crippen LogP contribution in [-0.4, -0.2) is 44.5 Å². The molecule has 0 aliphatic carbocycles. The van der Waals surface area contributed by atoms with Crippen molar-refractivity contribution in [2.24, 2.45) is 0 Å². The number of nitrogens with zero attached hydrogens (tertiary/aromatic N) is 2. The number of hydrogen-bond donors (Lipinski definition) is 1. The fraction of sp³-hybridized carbons (Fsp3) is 0.381. The molecule has 1 N–H and O–H groups in total. The maximum absolute atomic E-state index is 14.0. The Morgan fingerprint density at radius 1 is 1.19 bits per heavy atom. The van der Waals surface area contributed by atoms with Crippen LogP contribution in [0.5, 0.6) is 0 Å². The number of carbonyl (C=O) groups is 1. The fourth-order valence-electron chi connectivity index (χ4n) is 3.50. The number of anilines is 1. The SMILES string of the molecule is CN(C)c1ccc([C@H](CNC(=O)c2c(F)cccc2Cl)N2CCCC2)cc1. The van der Waals surface area contributed by atoms with E-state index in [9.17, 15) is 9.18 Å². The molecule has 0 unspecified atom stereocenters. The van der Waals surface area contributed by atoms with Gasteiger partial charge >= 0.3 is 0 Å². The number of hydrogen-bond acceptors (Lipinski definition) is 3. The van der Waals surface area contributed by atoms with E-state index in [1.54, 1.807) is 0 Å². The van der Waals surface area contributed by atoms with E-state index in [2.05, 4.69) is 39.4 Å². The zero-order valence-corrected chi connectivity index (χ0v) is 16.5. The molecule has 1 saturated heterocycles. The van der Waals surface area contributed by atoms with E-state index in [-0.39, 0.29) is 16.6 Å². The molecule has 1 atom stereocenters. The van der Waals surface area contributed by atoms with Gasteiger partial charge in [0, 0.05) is 26.3 Å². The minimum absolute atomic E-state index is 0.0539. The first-order valence-corrected chi connectivity index (χ1v) is 9.58. The monoisotopic (exact) mass is 389 g/mol. The molecule has 0 spiro atoms. The van der Waals surface area contributed by atoms with E-state index in [4.69, 9.17) is 11.6 Å². The van der Waals surface area contributed by atoms with Crippen molar-refractivity contribution in [3.05, 3.63) is 64.4 Å². The first-order valence-electron chi connectivity index (χ1n) is 9.21. The quantitative estimate of drug-likeness (QED) is 0.807. The molecule has 1 amide bonds. The Balaban J connectivity index is 1.77. The summed E-state index contributed by atoms with van der Waals surface area (Å²) in [5, 5.41) is 3.00. The van der Waals surface area contributed by atoms with E-state index in [0.29, 0.717) is 6.54 Å². The molecule has 0 aromatic heterocycles. The molecule has 1 fully saturated rings. The van der Waals surface area contributed by atoms with Crippen molar-refractivity contribution in [2.75, 3.05) is 38.6 Å². The zero-order chi connectivity index (χ0) is 19.4. The van der Waals surface area contributed by atoms with Gasteiger partial charge in [0.1, 0.15) is 5.82 Å². The van der Waals surface area contributed by atoms with Gasteiger partial charge in [0.2, 0.25) is 0 Å². The number of rotatable bonds is 6. The summed E-state index contributed by atoms with van der Waals surface area (Å²) in [6.07, 6.45) is 2.30. The van der Waals surface area contributed by atoms with Gasteiger partial charge in [-0.2, -0.15) is 0 Å². The third-order valence-corrected chi connectivity index (χ3v) is 5.34. The van der Waals surface area contributed by atoms with Crippen LogP contribution in [-0.2, 0) is 0 Å². The van der Waals surface area contributed by atoms with E-state index in [1.807, 2.05) is 14.1 Å². The minimum Gasteiger partial charge on any atom is -0.378 e. The van der Waals surface area contributed by atoms with Crippen LogP contribution in [0.25, 0.3) is 0 Å². The smallest absolute Gasteiger partial charge is 0.255 e.